The van der Waals surface area contributed by atoms with Crippen molar-refractivity contribution in [3.8, 4) is 0 Å². The van der Waals surface area contributed by atoms with Gasteiger partial charge in [0, 0.05) is 37.6 Å². The molecule has 0 bridgehead atoms. The largest absolute Gasteiger partial charge is 0.336 e. The summed E-state index contributed by atoms with van der Waals surface area (Å²) in [6, 6.07) is 3.76. The van der Waals surface area contributed by atoms with Crippen molar-refractivity contribution in [1.82, 2.24) is 19.6 Å². The van der Waals surface area contributed by atoms with E-state index in [0.29, 0.717) is 12.1 Å². The molecule has 0 unspecified atom stereocenters. The van der Waals surface area contributed by atoms with Crippen LogP contribution in [0.5, 0.6) is 0 Å². The van der Waals surface area contributed by atoms with E-state index in [1.165, 1.54) is 12.1 Å². The molecule has 0 aliphatic heterocycles. The lowest BCUT2D eigenvalue weighted by Crippen LogP contribution is -2.27. The minimum Gasteiger partial charge on any atom is -0.336 e. The molecule has 6 nitrogen and oxygen atoms in total. The summed E-state index contributed by atoms with van der Waals surface area (Å²) >= 11 is 0. The Hall–Kier alpha value is -1.77. The first-order chi connectivity index (χ1) is 10.0. The molecule has 0 fully saturated rings. The van der Waals surface area contributed by atoms with Crippen LogP contribution in [-0.2, 0) is 23.1 Å². The van der Waals surface area contributed by atoms with Crippen LogP contribution in [0.2, 0.25) is 0 Å². The Morgan fingerprint density at radius 1 is 1.38 bits per heavy atom. The molecular weight excluding hydrogens is 295 g/mol. The summed E-state index contributed by atoms with van der Waals surface area (Å²) < 4.78 is 42.1. The van der Waals surface area contributed by atoms with E-state index in [2.05, 4.69) is 15.0 Å². The molecule has 2 N–H and O–H groups in total. The van der Waals surface area contributed by atoms with Crippen LogP contribution in [0.3, 0.4) is 0 Å². The number of aromatic nitrogens is 2. The van der Waals surface area contributed by atoms with Gasteiger partial charge in [-0.1, -0.05) is 0 Å². The van der Waals surface area contributed by atoms with Crippen molar-refractivity contribution in [2.75, 3.05) is 13.6 Å². The minimum atomic E-state index is -3.65. The molecule has 0 atom stereocenters. The zero-order valence-corrected chi connectivity index (χ0v) is 12.4. The van der Waals surface area contributed by atoms with E-state index in [1.54, 1.807) is 30.3 Å². The van der Waals surface area contributed by atoms with E-state index in [1.807, 2.05) is 0 Å². The second kappa shape index (κ2) is 6.79. The second-order valence-electron chi connectivity index (χ2n) is 4.48. The Kier molecular flexibility index (Phi) is 5.05. The van der Waals surface area contributed by atoms with Gasteiger partial charge in [-0.3, -0.25) is 0 Å². The fourth-order valence-electron chi connectivity index (χ4n) is 1.86. The zero-order chi connectivity index (χ0) is 15.3. The topological polar surface area (TPSA) is 76.0 Å². The normalized spacial score (nSPS) is 11.7. The molecule has 1 heterocycles. The van der Waals surface area contributed by atoms with Crippen molar-refractivity contribution < 1.29 is 12.8 Å². The molecule has 0 saturated carbocycles. The molecule has 0 aliphatic carbocycles. The van der Waals surface area contributed by atoms with Crippen LogP contribution >= 0.6 is 0 Å². The molecular formula is C13H17FN4O2S. The first-order valence-electron chi connectivity index (χ1n) is 6.41. The first-order valence-corrected chi connectivity index (χ1v) is 7.89. The molecule has 2 aromatic rings. The van der Waals surface area contributed by atoms with E-state index >= 15 is 0 Å². The minimum absolute atomic E-state index is 0.0554. The third-order valence-corrected chi connectivity index (χ3v) is 4.37. The summed E-state index contributed by atoms with van der Waals surface area (Å²) in [4.78, 5) is 3.93. The lowest BCUT2D eigenvalue weighted by molar-refractivity contribution is 0.570. The fraction of sp³-hybridized carbons (Fsp3) is 0.308. The standard InChI is InChI=1S/C13H17FN4O2S/c1-15-9-11-8-12(2-3-13(11)14)21(19,20)17-5-7-18-6-4-16-10-18/h2-4,6,8,10,15,17H,5,7,9H2,1H3. The van der Waals surface area contributed by atoms with Gasteiger partial charge in [0.1, 0.15) is 5.82 Å². The van der Waals surface area contributed by atoms with Crippen molar-refractivity contribution in [3.05, 3.63) is 48.3 Å². The Morgan fingerprint density at radius 2 is 2.19 bits per heavy atom. The molecule has 0 spiro atoms. The molecule has 114 valence electrons. The maximum absolute atomic E-state index is 13.5. The Morgan fingerprint density at radius 3 is 2.86 bits per heavy atom. The summed E-state index contributed by atoms with van der Waals surface area (Å²) in [5, 5.41) is 2.80. The molecule has 1 aromatic carbocycles. The number of hydrogen-bond acceptors (Lipinski definition) is 4. The number of nitrogens with zero attached hydrogens (tertiary/aromatic N) is 2. The highest BCUT2D eigenvalue weighted by molar-refractivity contribution is 7.89. The summed E-state index contributed by atoms with van der Waals surface area (Å²) in [5.74, 6) is -0.429. The van der Waals surface area contributed by atoms with E-state index in [4.69, 9.17) is 0 Å². The van der Waals surface area contributed by atoms with Gasteiger partial charge in [0.05, 0.1) is 11.2 Å². The van der Waals surface area contributed by atoms with E-state index in [-0.39, 0.29) is 18.0 Å². The zero-order valence-electron chi connectivity index (χ0n) is 11.6. The van der Waals surface area contributed by atoms with Crippen LogP contribution in [0, 0.1) is 5.82 Å². The monoisotopic (exact) mass is 312 g/mol. The van der Waals surface area contributed by atoms with Crippen molar-refractivity contribution in [2.24, 2.45) is 0 Å². The summed E-state index contributed by atoms with van der Waals surface area (Å²) in [7, 11) is -1.98. The highest BCUT2D eigenvalue weighted by Crippen LogP contribution is 2.15. The van der Waals surface area contributed by atoms with Crippen LogP contribution in [-0.4, -0.2) is 31.6 Å². The highest BCUT2D eigenvalue weighted by Gasteiger charge is 2.15. The number of sulfonamides is 1. The average molecular weight is 312 g/mol. The van der Waals surface area contributed by atoms with Crippen LogP contribution in [0.1, 0.15) is 5.56 Å². The SMILES string of the molecule is CNCc1cc(S(=O)(=O)NCCn2ccnc2)ccc1F. The van der Waals surface area contributed by atoms with E-state index in [9.17, 15) is 12.8 Å². The molecule has 1 aromatic heterocycles. The maximum Gasteiger partial charge on any atom is 0.240 e. The molecule has 0 saturated heterocycles. The number of hydrogen-bond donors (Lipinski definition) is 2. The fourth-order valence-corrected chi connectivity index (χ4v) is 2.93. The molecule has 0 aliphatic rings. The molecule has 8 heteroatoms. The summed E-state index contributed by atoms with van der Waals surface area (Å²) in [6.07, 6.45) is 4.98. The van der Waals surface area contributed by atoms with Crippen molar-refractivity contribution >= 4 is 10.0 Å². The number of nitrogens with one attached hydrogen (secondary N) is 2. The number of rotatable bonds is 7. The Labute approximate surface area is 123 Å². The number of halogens is 1. The average Bonchev–Trinajstić information content (AvgIpc) is 2.94. The first kappa shape index (κ1) is 15.6. The lowest BCUT2D eigenvalue weighted by atomic mass is 10.2. The van der Waals surface area contributed by atoms with Crippen molar-refractivity contribution in [2.45, 2.75) is 18.0 Å². The third-order valence-electron chi connectivity index (χ3n) is 2.92. The number of benzene rings is 1. The van der Waals surface area contributed by atoms with Crippen LogP contribution < -0.4 is 10.0 Å². The Balaban J connectivity index is 2.06. The number of imidazole rings is 1. The van der Waals surface area contributed by atoms with Gasteiger partial charge in [-0.25, -0.2) is 22.5 Å². The van der Waals surface area contributed by atoms with Gasteiger partial charge in [-0.15, -0.1) is 0 Å². The second-order valence-corrected chi connectivity index (χ2v) is 6.25. The van der Waals surface area contributed by atoms with E-state index in [0.717, 1.165) is 6.07 Å². The molecule has 21 heavy (non-hydrogen) atoms. The van der Waals surface area contributed by atoms with Crippen LogP contribution in [0.4, 0.5) is 4.39 Å². The smallest absolute Gasteiger partial charge is 0.240 e. The molecule has 0 amide bonds. The third kappa shape index (κ3) is 4.10. The van der Waals surface area contributed by atoms with Gasteiger partial charge in [0.25, 0.3) is 0 Å². The quantitative estimate of drug-likeness (QED) is 0.790. The Bertz CT molecular complexity index is 686. The summed E-state index contributed by atoms with van der Waals surface area (Å²) in [6.45, 7) is 0.978. The van der Waals surface area contributed by atoms with E-state index < -0.39 is 15.8 Å². The van der Waals surface area contributed by atoms with Gasteiger partial charge < -0.3 is 9.88 Å². The van der Waals surface area contributed by atoms with Crippen molar-refractivity contribution in [1.29, 1.82) is 0 Å². The van der Waals surface area contributed by atoms with Gasteiger partial charge in [-0.05, 0) is 25.2 Å². The van der Waals surface area contributed by atoms with Gasteiger partial charge in [0.2, 0.25) is 10.0 Å². The predicted octanol–water partition coefficient (Wildman–Crippen LogP) is 0.720. The van der Waals surface area contributed by atoms with Gasteiger partial charge in [0.15, 0.2) is 0 Å². The summed E-state index contributed by atoms with van der Waals surface area (Å²) in [5.41, 5.74) is 0.315. The van der Waals surface area contributed by atoms with Gasteiger partial charge >= 0.3 is 0 Å². The van der Waals surface area contributed by atoms with Crippen LogP contribution in [0.25, 0.3) is 0 Å². The van der Waals surface area contributed by atoms with Gasteiger partial charge in [-0.2, -0.15) is 0 Å². The van der Waals surface area contributed by atoms with Crippen molar-refractivity contribution in [3.63, 3.8) is 0 Å². The molecule has 2 rings (SSSR count). The highest BCUT2D eigenvalue weighted by atomic mass is 32.2. The maximum atomic E-state index is 13.5. The predicted molar refractivity (Wildman–Crippen MR) is 76.6 cm³/mol. The lowest BCUT2D eigenvalue weighted by Gasteiger charge is -2.09. The van der Waals surface area contributed by atoms with Crippen LogP contribution in [0.15, 0.2) is 41.8 Å². The molecule has 0 radical (unpaired) electrons.